The van der Waals surface area contributed by atoms with E-state index in [0.29, 0.717) is 0 Å². The van der Waals surface area contributed by atoms with Crippen molar-refractivity contribution >= 4 is 15.9 Å². The molecular weight excluding hydrogens is 262 g/mol. The summed E-state index contributed by atoms with van der Waals surface area (Å²) in [4.78, 5) is 0. The van der Waals surface area contributed by atoms with E-state index in [1.165, 1.54) is 46.8 Å². The number of aryl methyl sites for hydroxylation is 1. The standard InChI is InChI=1S/C14H20BrN/c1-10-5-6-12(11(2)13(10)15)14(9-16)7-3-4-8-14/h5-6H,3-4,7-9,16H2,1-2H3. The Bertz CT molecular complexity index is 392. The van der Waals surface area contributed by atoms with E-state index in [-0.39, 0.29) is 5.41 Å². The van der Waals surface area contributed by atoms with Gasteiger partial charge in [-0.05, 0) is 43.4 Å². The van der Waals surface area contributed by atoms with Gasteiger partial charge in [-0.2, -0.15) is 0 Å². The molecule has 0 aromatic heterocycles. The van der Waals surface area contributed by atoms with E-state index >= 15 is 0 Å². The van der Waals surface area contributed by atoms with Gasteiger partial charge in [0.2, 0.25) is 0 Å². The zero-order valence-corrected chi connectivity index (χ0v) is 11.7. The van der Waals surface area contributed by atoms with E-state index in [1.54, 1.807) is 0 Å². The molecule has 1 aliphatic carbocycles. The molecule has 1 saturated carbocycles. The Morgan fingerprint density at radius 3 is 2.44 bits per heavy atom. The van der Waals surface area contributed by atoms with Crippen LogP contribution < -0.4 is 5.73 Å². The van der Waals surface area contributed by atoms with Gasteiger partial charge in [-0.15, -0.1) is 0 Å². The highest BCUT2D eigenvalue weighted by atomic mass is 79.9. The summed E-state index contributed by atoms with van der Waals surface area (Å²) in [5.74, 6) is 0. The van der Waals surface area contributed by atoms with E-state index in [4.69, 9.17) is 5.73 Å². The highest BCUT2D eigenvalue weighted by Crippen LogP contribution is 2.43. The summed E-state index contributed by atoms with van der Waals surface area (Å²) in [5, 5.41) is 0. The number of benzene rings is 1. The fraction of sp³-hybridized carbons (Fsp3) is 0.571. The topological polar surface area (TPSA) is 26.0 Å². The molecule has 16 heavy (non-hydrogen) atoms. The minimum atomic E-state index is 0.250. The van der Waals surface area contributed by atoms with Gasteiger partial charge in [-0.3, -0.25) is 0 Å². The molecule has 88 valence electrons. The molecular formula is C14H20BrN. The number of hydrogen-bond donors (Lipinski definition) is 1. The van der Waals surface area contributed by atoms with Crippen LogP contribution in [-0.4, -0.2) is 6.54 Å². The van der Waals surface area contributed by atoms with Gasteiger partial charge in [0.25, 0.3) is 0 Å². The molecule has 1 aromatic carbocycles. The number of rotatable bonds is 2. The third kappa shape index (κ3) is 1.82. The Morgan fingerprint density at radius 1 is 1.25 bits per heavy atom. The van der Waals surface area contributed by atoms with Crippen LogP contribution in [0.15, 0.2) is 16.6 Å². The van der Waals surface area contributed by atoms with Gasteiger partial charge in [0, 0.05) is 16.4 Å². The summed E-state index contributed by atoms with van der Waals surface area (Å²) in [6.07, 6.45) is 5.14. The molecule has 0 atom stereocenters. The SMILES string of the molecule is Cc1ccc(C2(CN)CCCC2)c(C)c1Br. The van der Waals surface area contributed by atoms with E-state index in [2.05, 4.69) is 41.9 Å². The zero-order valence-electron chi connectivity index (χ0n) is 10.1. The van der Waals surface area contributed by atoms with Crippen molar-refractivity contribution < 1.29 is 0 Å². The molecule has 0 heterocycles. The number of halogens is 1. The molecule has 2 rings (SSSR count). The molecule has 1 nitrogen and oxygen atoms in total. The second-order valence-electron chi connectivity index (χ2n) is 5.06. The Hall–Kier alpha value is -0.340. The first-order valence-electron chi connectivity index (χ1n) is 6.07. The van der Waals surface area contributed by atoms with Crippen LogP contribution in [0.2, 0.25) is 0 Å². The third-order valence-electron chi connectivity index (χ3n) is 4.10. The second kappa shape index (κ2) is 4.50. The predicted molar refractivity (Wildman–Crippen MR) is 72.8 cm³/mol. The lowest BCUT2D eigenvalue weighted by molar-refractivity contribution is 0.450. The van der Waals surface area contributed by atoms with Crippen molar-refractivity contribution in [3.63, 3.8) is 0 Å². The van der Waals surface area contributed by atoms with Gasteiger partial charge in [0.15, 0.2) is 0 Å². The van der Waals surface area contributed by atoms with Crippen LogP contribution in [0.5, 0.6) is 0 Å². The minimum absolute atomic E-state index is 0.250. The van der Waals surface area contributed by atoms with Gasteiger partial charge in [0.05, 0.1) is 0 Å². The van der Waals surface area contributed by atoms with E-state index in [0.717, 1.165) is 6.54 Å². The van der Waals surface area contributed by atoms with Crippen molar-refractivity contribution in [2.24, 2.45) is 5.73 Å². The lowest BCUT2D eigenvalue weighted by Crippen LogP contribution is -2.32. The molecule has 0 aliphatic heterocycles. The van der Waals surface area contributed by atoms with Crippen molar-refractivity contribution in [3.8, 4) is 0 Å². The van der Waals surface area contributed by atoms with Crippen LogP contribution in [0.1, 0.15) is 42.4 Å². The molecule has 2 heteroatoms. The lowest BCUT2D eigenvalue weighted by atomic mass is 9.76. The maximum Gasteiger partial charge on any atom is 0.0236 e. The summed E-state index contributed by atoms with van der Waals surface area (Å²) in [6.45, 7) is 5.14. The molecule has 0 amide bonds. The largest absolute Gasteiger partial charge is 0.330 e. The molecule has 0 bridgehead atoms. The van der Waals surface area contributed by atoms with Crippen molar-refractivity contribution in [2.45, 2.75) is 44.9 Å². The maximum absolute atomic E-state index is 6.04. The minimum Gasteiger partial charge on any atom is -0.330 e. The summed E-state index contributed by atoms with van der Waals surface area (Å²) in [6, 6.07) is 4.50. The fourth-order valence-corrected chi connectivity index (χ4v) is 3.38. The van der Waals surface area contributed by atoms with Crippen molar-refractivity contribution in [2.75, 3.05) is 6.54 Å². The van der Waals surface area contributed by atoms with Crippen LogP contribution in [0.4, 0.5) is 0 Å². The molecule has 0 spiro atoms. The quantitative estimate of drug-likeness (QED) is 0.876. The lowest BCUT2D eigenvalue weighted by Gasteiger charge is -2.30. The van der Waals surface area contributed by atoms with Gasteiger partial charge in [-0.1, -0.05) is 40.9 Å². The third-order valence-corrected chi connectivity index (χ3v) is 5.32. The first-order chi connectivity index (χ1) is 7.60. The van der Waals surface area contributed by atoms with Crippen LogP contribution in [0.3, 0.4) is 0 Å². The fourth-order valence-electron chi connectivity index (χ4n) is 3.03. The summed E-state index contributed by atoms with van der Waals surface area (Å²) >= 11 is 3.69. The smallest absolute Gasteiger partial charge is 0.0236 e. The highest BCUT2D eigenvalue weighted by Gasteiger charge is 2.35. The molecule has 0 unspecified atom stereocenters. The van der Waals surface area contributed by atoms with Gasteiger partial charge < -0.3 is 5.73 Å². The average molecular weight is 282 g/mol. The molecule has 1 aromatic rings. The normalized spacial score (nSPS) is 19.0. The zero-order chi connectivity index (χ0) is 11.8. The van der Waals surface area contributed by atoms with Gasteiger partial charge in [0.1, 0.15) is 0 Å². The first-order valence-corrected chi connectivity index (χ1v) is 6.86. The molecule has 2 N–H and O–H groups in total. The highest BCUT2D eigenvalue weighted by molar-refractivity contribution is 9.10. The number of hydrogen-bond acceptors (Lipinski definition) is 1. The monoisotopic (exact) mass is 281 g/mol. The average Bonchev–Trinajstić information content (AvgIpc) is 2.76. The summed E-state index contributed by atoms with van der Waals surface area (Å²) in [7, 11) is 0. The number of nitrogens with two attached hydrogens (primary N) is 1. The second-order valence-corrected chi connectivity index (χ2v) is 5.85. The molecule has 1 aliphatic rings. The van der Waals surface area contributed by atoms with Crippen LogP contribution in [-0.2, 0) is 5.41 Å². The van der Waals surface area contributed by atoms with Gasteiger partial charge in [-0.25, -0.2) is 0 Å². The summed E-state index contributed by atoms with van der Waals surface area (Å²) in [5.41, 5.74) is 10.4. The molecule has 0 saturated heterocycles. The van der Waals surface area contributed by atoms with E-state index in [9.17, 15) is 0 Å². The Labute approximate surface area is 107 Å². The van der Waals surface area contributed by atoms with Gasteiger partial charge >= 0.3 is 0 Å². The van der Waals surface area contributed by atoms with Crippen molar-refractivity contribution in [1.29, 1.82) is 0 Å². The summed E-state index contributed by atoms with van der Waals surface area (Å²) < 4.78 is 1.25. The Kier molecular flexibility index (Phi) is 3.41. The maximum atomic E-state index is 6.04. The van der Waals surface area contributed by atoms with Crippen LogP contribution in [0, 0.1) is 13.8 Å². The molecule has 0 radical (unpaired) electrons. The van der Waals surface area contributed by atoms with Crippen molar-refractivity contribution in [1.82, 2.24) is 0 Å². The van der Waals surface area contributed by atoms with Crippen LogP contribution in [0.25, 0.3) is 0 Å². The van der Waals surface area contributed by atoms with E-state index < -0.39 is 0 Å². The van der Waals surface area contributed by atoms with Crippen molar-refractivity contribution in [3.05, 3.63) is 33.3 Å². The Balaban J connectivity index is 2.51. The van der Waals surface area contributed by atoms with Crippen LogP contribution >= 0.6 is 15.9 Å². The van der Waals surface area contributed by atoms with E-state index in [1.807, 2.05) is 0 Å². The molecule has 1 fully saturated rings. The Morgan fingerprint density at radius 2 is 1.88 bits per heavy atom. The predicted octanol–water partition coefficient (Wildman–Crippen LogP) is 3.84. The first kappa shape index (κ1) is 12.1.